The van der Waals surface area contributed by atoms with Crippen LogP contribution in [-0.2, 0) is 4.74 Å². The Balaban J connectivity index is 3.17. The molecule has 0 aliphatic heterocycles. The molecule has 0 spiro atoms. The first-order chi connectivity index (χ1) is 6.83. The summed E-state index contributed by atoms with van der Waals surface area (Å²) in [6.45, 7) is 1.97. The van der Waals surface area contributed by atoms with Crippen molar-refractivity contribution < 1.29 is 4.74 Å². The largest absolute Gasteiger partial charge is 0.500 e. The van der Waals surface area contributed by atoms with Crippen LogP contribution in [0.15, 0.2) is 36.1 Å². The Morgan fingerprint density at radius 2 is 2.00 bits per heavy atom. The number of ether oxygens (including phenoxy) is 1. The van der Waals surface area contributed by atoms with Crippen molar-refractivity contribution in [3.8, 4) is 6.07 Å². The van der Waals surface area contributed by atoms with Gasteiger partial charge in [-0.25, -0.2) is 0 Å². The number of nitrogens with zero attached hydrogens (tertiary/aromatic N) is 1. The first kappa shape index (κ1) is 10.3. The third kappa shape index (κ3) is 2.14. The lowest BCUT2D eigenvalue weighted by molar-refractivity contribution is 0.283. The number of benzene rings is 1. The molecular weight excluding hydrogens is 174 g/mol. The fourth-order valence-corrected chi connectivity index (χ4v) is 1.32. The zero-order valence-electron chi connectivity index (χ0n) is 8.45. The molecule has 0 saturated carbocycles. The van der Waals surface area contributed by atoms with Crippen molar-refractivity contribution in [3.05, 3.63) is 41.7 Å². The average molecular weight is 187 g/mol. The minimum absolute atomic E-state index is 0.621. The highest BCUT2D eigenvalue weighted by atomic mass is 16.5. The van der Waals surface area contributed by atoms with Gasteiger partial charge in [0.1, 0.15) is 11.8 Å². The molecule has 0 heterocycles. The molecule has 0 saturated heterocycles. The summed E-state index contributed by atoms with van der Waals surface area (Å²) < 4.78 is 5.16. The van der Waals surface area contributed by atoms with Gasteiger partial charge in [-0.05, 0) is 5.56 Å². The van der Waals surface area contributed by atoms with Crippen molar-refractivity contribution in [2.24, 2.45) is 0 Å². The number of methoxy groups -OCH3 is 1. The van der Waals surface area contributed by atoms with Gasteiger partial charge in [-0.15, -0.1) is 0 Å². The van der Waals surface area contributed by atoms with E-state index in [-0.39, 0.29) is 0 Å². The monoisotopic (exact) mass is 187 g/mol. The Morgan fingerprint density at radius 3 is 2.43 bits per heavy atom. The molecule has 0 fully saturated rings. The predicted molar refractivity (Wildman–Crippen MR) is 56.3 cm³/mol. The Kier molecular flexibility index (Phi) is 3.75. The first-order valence-corrected chi connectivity index (χ1v) is 4.56. The van der Waals surface area contributed by atoms with Crippen molar-refractivity contribution in [2.45, 2.75) is 13.3 Å². The van der Waals surface area contributed by atoms with Crippen molar-refractivity contribution in [3.63, 3.8) is 0 Å². The number of nitriles is 1. The van der Waals surface area contributed by atoms with Gasteiger partial charge in [0.05, 0.1) is 12.7 Å². The molecule has 0 amide bonds. The minimum atomic E-state index is 0.621. The third-order valence-electron chi connectivity index (χ3n) is 2.02. The van der Waals surface area contributed by atoms with Crippen molar-refractivity contribution in [1.29, 1.82) is 5.26 Å². The van der Waals surface area contributed by atoms with Gasteiger partial charge in [0.15, 0.2) is 0 Å². The first-order valence-electron chi connectivity index (χ1n) is 4.56. The second-order valence-electron chi connectivity index (χ2n) is 2.83. The predicted octanol–water partition coefficient (Wildman–Crippen LogP) is 2.98. The van der Waals surface area contributed by atoms with Crippen molar-refractivity contribution in [2.75, 3.05) is 7.11 Å². The van der Waals surface area contributed by atoms with E-state index < -0.39 is 0 Å². The van der Waals surface area contributed by atoms with E-state index in [1.165, 1.54) is 0 Å². The molecule has 0 radical (unpaired) electrons. The van der Waals surface area contributed by atoms with Gasteiger partial charge in [-0.1, -0.05) is 37.3 Å². The second-order valence-corrected chi connectivity index (χ2v) is 2.83. The van der Waals surface area contributed by atoms with E-state index in [4.69, 9.17) is 10.00 Å². The Bertz CT molecular complexity index is 354. The highest BCUT2D eigenvalue weighted by molar-refractivity contribution is 5.78. The number of hydrogen-bond acceptors (Lipinski definition) is 2. The van der Waals surface area contributed by atoms with Crippen LogP contribution in [0, 0.1) is 11.3 Å². The maximum Gasteiger partial charge on any atom is 0.114 e. The molecular formula is C12H13NO. The maximum absolute atomic E-state index is 9.02. The Labute approximate surface area is 84.4 Å². The Morgan fingerprint density at radius 1 is 1.36 bits per heavy atom. The van der Waals surface area contributed by atoms with E-state index >= 15 is 0 Å². The van der Waals surface area contributed by atoms with E-state index in [0.29, 0.717) is 5.57 Å². The van der Waals surface area contributed by atoms with Crippen LogP contribution in [0.4, 0.5) is 0 Å². The topological polar surface area (TPSA) is 33.0 Å². The standard InChI is InChI=1S/C12H13NO/c1-3-12(14-2)11(9-13)10-7-5-4-6-8-10/h4-8H,3H2,1-2H3. The summed E-state index contributed by atoms with van der Waals surface area (Å²) in [5.74, 6) is 0.735. The molecule has 0 unspecified atom stereocenters. The molecule has 0 aliphatic carbocycles. The molecule has 0 aromatic heterocycles. The minimum Gasteiger partial charge on any atom is -0.500 e. The zero-order valence-corrected chi connectivity index (χ0v) is 8.45. The highest BCUT2D eigenvalue weighted by Crippen LogP contribution is 2.20. The number of rotatable bonds is 3. The molecule has 1 aromatic carbocycles. The van der Waals surface area contributed by atoms with Crippen molar-refractivity contribution >= 4 is 5.57 Å². The molecule has 14 heavy (non-hydrogen) atoms. The molecule has 72 valence electrons. The van der Waals surface area contributed by atoms with E-state index in [1.54, 1.807) is 7.11 Å². The normalized spacial score (nSPS) is 11.5. The van der Waals surface area contributed by atoms with Crippen LogP contribution >= 0.6 is 0 Å². The summed E-state index contributed by atoms with van der Waals surface area (Å²) in [6, 6.07) is 11.7. The van der Waals surface area contributed by atoms with Crippen LogP contribution in [0.1, 0.15) is 18.9 Å². The fourth-order valence-electron chi connectivity index (χ4n) is 1.32. The van der Waals surface area contributed by atoms with Crippen LogP contribution < -0.4 is 0 Å². The SMILES string of the molecule is CCC(OC)=C(C#N)c1ccccc1. The lowest BCUT2D eigenvalue weighted by atomic mass is 10.1. The lowest BCUT2D eigenvalue weighted by Crippen LogP contribution is -1.91. The van der Waals surface area contributed by atoms with Gasteiger partial charge in [0.25, 0.3) is 0 Å². The van der Waals surface area contributed by atoms with Crippen LogP contribution in [0.2, 0.25) is 0 Å². The molecule has 0 bridgehead atoms. The van der Waals surface area contributed by atoms with E-state index in [0.717, 1.165) is 17.7 Å². The van der Waals surface area contributed by atoms with Crippen molar-refractivity contribution in [1.82, 2.24) is 0 Å². The van der Waals surface area contributed by atoms with Gasteiger partial charge >= 0.3 is 0 Å². The molecule has 0 aliphatic rings. The summed E-state index contributed by atoms with van der Waals surface area (Å²) >= 11 is 0. The summed E-state index contributed by atoms with van der Waals surface area (Å²) in [5.41, 5.74) is 1.53. The van der Waals surface area contributed by atoms with E-state index in [2.05, 4.69) is 6.07 Å². The van der Waals surface area contributed by atoms with Crippen LogP contribution in [0.25, 0.3) is 5.57 Å². The molecule has 2 nitrogen and oxygen atoms in total. The number of allylic oxidation sites excluding steroid dienone is 2. The number of hydrogen-bond donors (Lipinski definition) is 0. The second kappa shape index (κ2) is 5.08. The van der Waals surface area contributed by atoms with E-state index in [9.17, 15) is 0 Å². The molecule has 2 heteroatoms. The van der Waals surface area contributed by atoms with Gasteiger partial charge < -0.3 is 4.74 Å². The quantitative estimate of drug-likeness (QED) is 0.538. The molecule has 0 N–H and O–H groups in total. The molecule has 0 atom stereocenters. The van der Waals surface area contributed by atoms with Gasteiger partial charge in [-0.3, -0.25) is 0 Å². The maximum atomic E-state index is 9.02. The Hall–Kier alpha value is -1.75. The molecule has 1 aromatic rings. The lowest BCUT2D eigenvalue weighted by Gasteiger charge is -2.06. The van der Waals surface area contributed by atoms with Gasteiger partial charge in [0, 0.05) is 6.42 Å². The summed E-state index contributed by atoms with van der Waals surface area (Å²) in [5, 5.41) is 9.02. The fraction of sp³-hybridized carbons (Fsp3) is 0.250. The van der Waals surface area contributed by atoms with Crippen LogP contribution in [-0.4, -0.2) is 7.11 Å². The zero-order chi connectivity index (χ0) is 10.4. The van der Waals surface area contributed by atoms with Crippen LogP contribution in [0.5, 0.6) is 0 Å². The van der Waals surface area contributed by atoms with Gasteiger partial charge in [0.2, 0.25) is 0 Å². The van der Waals surface area contributed by atoms with Gasteiger partial charge in [-0.2, -0.15) is 5.26 Å². The molecule has 1 rings (SSSR count). The highest BCUT2D eigenvalue weighted by Gasteiger charge is 2.06. The van der Waals surface area contributed by atoms with Crippen LogP contribution in [0.3, 0.4) is 0 Å². The summed E-state index contributed by atoms with van der Waals surface area (Å²) in [4.78, 5) is 0. The summed E-state index contributed by atoms with van der Waals surface area (Å²) in [7, 11) is 1.60. The third-order valence-corrected chi connectivity index (χ3v) is 2.02. The summed E-state index contributed by atoms with van der Waals surface area (Å²) in [6.07, 6.45) is 0.730. The average Bonchev–Trinajstić information content (AvgIpc) is 2.27. The smallest absolute Gasteiger partial charge is 0.114 e. The van der Waals surface area contributed by atoms with E-state index in [1.807, 2.05) is 37.3 Å².